The molecule has 11 nitrogen and oxygen atoms in total. The predicted molar refractivity (Wildman–Crippen MR) is 155 cm³/mol. The van der Waals surface area contributed by atoms with E-state index in [1.165, 1.54) is 10.8 Å². The van der Waals surface area contributed by atoms with Crippen molar-refractivity contribution in [2.45, 2.75) is 26.3 Å². The first kappa shape index (κ1) is 28.7. The molecule has 41 heavy (non-hydrogen) atoms. The minimum atomic E-state index is -1.17. The zero-order valence-corrected chi connectivity index (χ0v) is 22.4. The largest absolute Gasteiger partial charge is 0.443 e. The van der Waals surface area contributed by atoms with E-state index in [9.17, 15) is 14.4 Å². The van der Waals surface area contributed by atoms with Gasteiger partial charge >= 0.3 is 6.09 Å². The van der Waals surface area contributed by atoms with E-state index < -0.39 is 23.8 Å². The maximum Gasteiger partial charge on any atom is 0.435 e. The number of ether oxygens (including phenoxy) is 2. The lowest BCUT2D eigenvalue weighted by molar-refractivity contribution is -0.139. The molecule has 11 heteroatoms. The van der Waals surface area contributed by atoms with E-state index in [2.05, 4.69) is 20.6 Å². The Labute approximate surface area is 236 Å². The molecule has 210 valence electrons. The number of rotatable bonds is 11. The van der Waals surface area contributed by atoms with Crippen LogP contribution in [0.15, 0.2) is 107 Å². The maximum absolute atomic E-state index is 13.1. The molecule has 0 fully saturated rings. The summed E-state index contributed by atoms with van der Waals surface area (Å²) in [5, 5.41) is 5.82. The van der Waals surface area contributed by atoms with Crippen molar-refractivity contribution >= 4 is 29.2 Å². The normalized spacial score (nSPS) is 11.9. The lowest BCUT2D eigenvalue weighted by atomic mass is 10.1. The van der Waals surface area contributed by atoms with Crippen LogP contribution in [0.3, 0.4) is 0 Å². The smallest absolute Gasteiger partial charge is 0.435 e. The van der Waals surface area contributed by atoms with Gasteiger partial charge in [-0.1, -0.05) is 54.6 Å². The summed E-state index contributed by atoms with van der Waals surface area (Å²) in [7, 11) is 0. The van der Waals surface area contributed by atoms with Crippen LogP contribution < -0.4 is 21.9 Å². The molecule has 2 heterocycles. The summed E-state index contributed by atoms with van der Waals surface area (Å²) in [5.41, 5.74) is 8.58. The van der Waals surface area contributed by atoms with Gasteiger partial charge in [-0.2, -0.15) is 4.99 Å². The lowest BCUT2D eigenvalue weighted by Gasteiger charge is -2.20. The van der Waals surface area contributed by atoms with Crippen molar-refractivity contribution in [1.82, 2.24) is 14.9 Å². The van der Waals surface area contributed by atoms with Gasteiger partial charge in [0.1, 0.15) is 18.1 Å². The molecule has 2 aromatic carbocycles. The van der Waals surface area contributed by atoms with Gasteiger partial charge in [-0.25, -0.2) is 4.79 Å². The molecule has 2 aromatic heterocycles. The fraction of sp³-hybridized carbons (Fsp3) is 0.167. The Hall–Kier alpha value is -5.29. The first-order valence-corrected chi connectivity index (χ1v) is 12.9. The maximum atomic E-state index is 13.1. The van der Waals surface area contributed by atoms with E-state index in [1.807, 2.05) is 30.3 Å². The van der Waals surface area contributed by atoms with Crippen LogP contribution in [-0.4, -0.2) is 34.0 Å². The summed E-state index contributed by atoms with van der Waals surface area (Å²) in [5.74, 6) is -0.479. The second-order valence-electron chi connectivity index (χ2n) is 8.76. The molecule has 4 N–H and O–H groups in total. The zero-order chi connectivity index (χ0) is 29.0. The van der Waals surface area contributed by atoms with E-state index in [0.29, 0.717) is 11.3 Å². The van der Waals surface area contributed by atoms with Gasteiger partial charge in [0.15, 0.2) is 0 Å². The Bertz CT molecular complexity index is 1540. The second kappa shape index (κ2) is 14.2. The van der Waals surface area contributed by atoms with E-state index in [0.717, 1.165) is 11.1 Å². The van der Waals surface area contributed by atoms with E-state index in [-0.39, 0.29) is 31.3 Å². The molecule has 0 aliphatic carbocycles. The fourth-order valence-electron chi connectivity index (χ4n) is 3.81. The molecule has 0 aliphatic heterocycles. The molecule has 1 unspecified atom stereocenters. The number of benzene rings is 2. The Morgan fingerprint density at radius 1 is 1.00 bits per heavy atom. The number of hydrogen-bond donors (Lipinski definition) is 3. The third kappa shape index (κ3) is 8.10. The lowest BCUT2D eigenvalue weighted by Crippen LogP contribution is -2.38. The third-order valence-electron chi connectivity index (χ3n) is 5.85. The summed E-state index contributed by atoms with van der Waals surface area (Å²) in [6, 6.07) is 22.9. The molecule has 0 aliphatic rings. The van der Waals surface area contributed by atoms with E-state index in [4.69, 9.17) is 15.2 Å². The average Bonchev–Trinajstić information content (AvgIpc) is 3.00. The van der Waals surface area contributed by atoms with Gasteiger partial charge in [0, 0.05) is 31.1 Å². The number of amidine groups is 1. The summed E-state index contributed by atoms with van der Waals surface area (Å²) in [6.45, 7) is 2.22. The number of nitrogens with one attached hydrogen (secondary N) is 2. The van der Waals surface area contributed by atoms with Crippen molar-refractivity contribution in [2.75, 3.05) is 11.9 Å². The first-order chi connectivity index (χ1) is 19.9. The molecule has 0 saturated heterocycles. The van der Waals surface area contributed by atoms with Gasteiger partial charge in [-0.15, -0.1) is 0 Å². The van der Waals surface area contributed by atoms with Crippen LogP contribution in [0.5, 0.6) is 0 Å². The number of carbonyl (C=O) groups is 2. The Kier molecular flexibility index (Phi) is 9.94. The highest BCUT2D eigenvalue weighted by atomic mass is 16.5. The number of carbonyl (C=O) groups excluding carboxylic acids is 2. The van der Waals surface area contributed by atoms with Crippen LogP contribution >= 0.6 is 0 Å². The Morgan fingerprint density at radius 3 is 2.49 bits per heavy atom. The molecule has 4 rings (SSSR count). The van der Waals surface area contributed by atoms with Gasteiger partial charge in [0.25, 0.3) is 11.5 Å². The average molecular weight is 555 g/mol. The van der Waals surface area contributed by atoms with Gasteiger partial charge in [-0.3, -0.25) is 19.1 Å². The monoisotopic (exact) mass is 554 g/mol. The standard InChI is InChI=1S/C30H30N6O5/c1-2-40-29(36-17-7-11-25(28(36)38)34-24-10-6-16-32-19-24)27(37)33-18-21-12-14-23(15-13-21)26(31)35-30(39)41-20-22-8-4-3-5-9-22/h3-17,19,29,34H,2,18,20H2,1H3,(H,33,37)(H2,31,35,39). The highest BCUT2D eigenvalue weighted by molar-refractivity contribution is 6.02. The van der Waals surface area contributed by atoms with Gasteiger partial charge in [0.2, 0.25) is 6.23 Å². The van der Waals surface area contributed by atoms with Gasteiger partial charge < -0.3 is 25.8 Å². The summed E-state index contributed by atoms with van der Waals surface area (Å²) in [6.07, 6.45) is 2.75. The molecule has 0 saturated carbocycles. The van der Waals surface area contributed by atoms with Crippen molar-refractivity contribution in [2.24, 2.45) is 10.7 Å². The molecular weight excluding hydrogens is 524 g/mol. The minimum Gasteiger partial charge on any atom is -0.443 e. The van der Waals surface area contributed by atoms with Gasteiger partial charge in [-0.05, 0) is 42.3 Å². The molecule has 4 aromatic rings. The summed E-state index contributed by atoms with van der Waals surface area (Å²) in [4.78, 5) is 46.1. The molecule has 2 amide bonds. The van der Waals surface area contributed by atoms with E-state index in [1.54, 1.807) is 67.8 Å². The van der Waals surface area contributed by atoms with Crippen LogP contribution in [-0.2, 0) is 27.4 Å². The SMILES string of the molecule is CCOC(C(=O)NCc1ccc(C(N)=NC(=O)OCc2ccccc2)cc1)n1cccc(Nc2cccnc2)c1=O. The number of nitrogens with zero attached hydrogens (tertiary/aromatic N) is 3. The van der Waals surface area contributed by atoms with Crippen molar-refractivity contribution in [3.05, 3.63) is 124 Å². The van der Waals surface area contributed by atoms with Crippen LogP contribution in [0.4, 0.5) is 16.2 Å². The molecular formula is C30H30N6O5. The third-order valence-corrected chi connectivity index (χ3v) is 5.85. The molecule has 0 bridgehead atoms. The predicted octanol–water partition coefficient (Wildman–Crippen LogP) is 3.88. The summed E-state index contributed by atoms with van der Waals surface area (Å²) >= 11 is 0. The number of aliphatic imine (C=N–C) groups is 1. The van der Waals surface area contributed by atoms with Crippen LogP contribution in [0, 0.1) is 0 Å². The molecule has 0 spiro atoms. The van der Waals surface area contributed by atoms with Crippen LogP contribution in [0.1, 0.15) is 29.8 Å². The van der Waals surface area contributed by atoms with Crippen molar-refractivity contribution < 1.29 is 19.1 Å². The number of pyridine rings is 2. The highest BCUT2D eigenvalue weighted by Gasteiger charge is 2.22. The molecule has 0 radical (unpaired) electrons. The summed E-state index contributed by atoms with van der Waals surface area (Å²) < 4.78 is 12.0. The fourth-order valence-corrected chi connectivity index (χ4v) is 3.81. The first-order valence-electron chi connectivity index (χ1n) is 12.9. The highest BCUT2D eigenvalue weighted by Crippen LogP contribution is 2.14. The van der Waals surface area contributed by atoms with Crippen molar-refractivity contribution in [1.29, 1.82) is 0 Å². The number of aromatic nitrogens is 2. The topological polar surface area (TPSA) is 150 Å². The quantitative estimate of drug-likeness (QED) is 0.187. The van der Waals surface area contributed by atoms with Crippen molar-refractivity contribution in [3.8, 4) is 0 Å². The minimum absolute atomic E-state index is 0.00853. The van der Waals surface area contributed by atoms with Crippen molar-refractivity contribution in [3.63, 3.8) is 0 Å². The van der Waals surface area contributed by atoms with Crippen LogP contribution in [0.25, 0.3) is 0 Å². The molecule has 1 atom stereocenters. The van der Waals surface area contributed by atoms with Gasteiger partial charge in [0.05, 0.1) is 11.9 Å². The Morgan fingerprint density at radius 2 is 1.78 bits per heavy atom. The second-order valence-corrected chi connectivity index (χ2v) is 8.76. The van der Waals surface area contributed by atoms with E-state index >= 15 is 0 Å². The Balaban J connectivity index is 1.36. The van der Waals surface area contributed by atoms with Crippen LogP contribution in [0.2, 0.25) is 0 Å². The number of amides is 2. The number of anilines is 2. The zero-order valence-electron chi connectivity index (χ0n) is 22.4. The number of hydrogen-bond acceptors (Lipinski definition) is 7. The number of nitrogens with two attached hydrogens (primary N) is 1.